The SMILES string of the molecule is Cc1cc(Cl)c2cc(N3CCB(C#N)CC3)cc(C)c2n1. The predicted octanol–water partition coefficient (Wildman–Crippen LogP) is 3.88. The average molecular weight is 298 g/mol. The van der Waals surface area contributed by atoms with E-state index in [2.05, 4.69) is 34.9 Å². The van der Waals surface area contributed by atoms with Crippen LogP contribution in [0.25, 0.3) is 10.9 Å². The summed E-state index contributed by atoms with van der Waals surface area (Å²) in [6.07, 6.45) is 1.88. The molecule has 1 aliphatic rings. The average Bonchev–Trinajstić information content (AvgIpc) is 2.48. The molecule has 0 saturated carbocycles. The second kappa shape index (κ2) is 5.58. The minimum atomic E-state index is 0.204. The molecule has 1 aliphatic heterocycles. The Kier molecular flexibility index (Phi) is 3.78. The number of hydrogen-bond donors (Lipinski definition) is 0. The molecule has 3 rings (SSSR count). The molecule has 0 unspecified atom stereocenters. The molecule has 3 nitrogen and oxygen atoms in total. The predicted molar refractivity (Wildman–Crippen MR) is 89.4 cm³/mol. The van der Waals surface area contributed by atoms with Crippen LogP contribution in [0.1, 0.15) is 11.3 Å². The number of rotatable bonds is 1. The Bertz CT molecular complexity index is 730. The molecule has 0 amide bonds. The van der Waals surface area contributed by atoms with Crippen LogP contribution in [0.3, 0.4) is 0 Å². The summed E-state index contributed by atoms with van der Waals surface area (Å²) >= 11 is 6.39. The molecule has 1 fully saturated rings. The van der Waals surface area contributed by atoms with Gasteiger partial charge < -0.3 is 4.90 Å². The lowest BCUT2D eigenvalue weighted by Crippen LogP contribution is -2.36. The molecule has 5 heteroatoms. The van der Waals surface area contributed by atoms with Gasteiger partial charge in [0, 0.05) is 35.8 Å². The van der Waals surface area contributed by atoms with Crippen molar-refractivity contribution < 1.29 is 0 Å². The van der Waals surface area contributed by atoms with Crippen LogP contribution in [-0.4, -0.2) is 24.8 Å². The van der Waals surface area contributed by atoms with Gasteiger partial charge in [-0.1, -0.05) is 11.6 Å². The number of fused-ring (bicyclic) bond motifs is 1. The smallest absolute Gasteiger partial charge is 0.271 e. The lowest BCUT2D eigenvalue weighted by atomic mass is 9.45. The molecule has 1 aromatic heterocycles. The van der Waals surface area contributed by atoms with Gasteiger partial charge >= 0.3 is 0 Å². The zero-order valence-electron chi connectivity index (χ0n) is 12.4. The third-order valence-corrected chi connectivity index (χ3v) is 4.52. The molecule has 0 N–H and O–H groups in total. The first kappa shape index (κ1) is 14.2. The molecule has 106 valence electrons. The number of benzene rings is 1. The topological polar surface area (TPSA) is 39.9 Å². The van der Waals surface area contributed by atoms with Crippen LogP contribution in [-0.2, 0) is 0 Å². The lowest BCUT2D eigenvalue weighted by molar-refractivity contribution is 0.822. The van der Waals surface area contributed by atoms with Crippen molar-refractivity contribution in [1.82, 2.24) is 4.98 Å². The second-order valence-electron chi connectivity index (χ2n) is 5.79. The van der Waals surface area contributed by atoms with Crippen LogP contribution < -0.4 is 4.90 Å². The fraction of sp³-hybridized carbons (Fsp3) is 0.375. The first-order valence-electron chi connectivity index (χ1n) is 7.30. The van der Waals surface area contributed by atoms with Crippen LogP contribution in [0.5, 0.6) is 0 Å². The molecule has 0 bridgehead atoms. The molecule has 1 saturated heterocycles. The zero-order chi connectivity index (χ0) is 15.0. The monoisotopic (exact) mass is 297 g/mol. The van der Waals surface area contributed by atoms with Gasteiger partial charge in [-0.2, -0.15) is 0 Å². The summed E-state index contributed by atoms with van der Waals surface area (Å²) < 4.78 is 0. The number of nitrogens with zero attached hydrogens (tertiary/aromatic N) is 3. The number of hydrogen-bond acceptors (Lipinski definition) is 3. The van der Waals surface area contributed by atoms with Gasteiger partial charge in [0.25, 0.3) is 6.71 Å². The van der Waals surface area contributed by atoms with Crippen LogP contribution in [0.15, 0.2) is 18.2 Å². The Morgan fingerprint density at radius 1 is 1.24 bits per heavy atom. The quantitative estimate of drug-likeness (QED) is 0.750. The molecule has 2 heterocycles. The highest BCUT2D eigenvalue weighted by molar-refractivity contribution is 6.67. The number of pyridine rings is 1. The minimum absolute atomic E-state index is 0.204. The summed E-state index contributed by atoms with van der Waals surface area (Å²) in [5, 5.41) is 10.8. The number of halogens is 1. The first-order valence-corrected chi connectivity index (χ1v) is 7.68. The van der Waals surface area contributed by atoms with Crippen molar-refractivity contribution in [2.75, 3.05) is 18.0 Å². The van der Waals surface area contributed by atoms with Crippen molar-refractivity contribution in [3.63, 3.8) is 0 Å². The van der Waals surface area contributed by atoms with Gasteiger partial charge in [0.1, 0.15) is 0 Å². The highest BCUT2D eigenvalue weighted by atomic mass is 35.5. The third kappa shape index (κ3) is 2.71. The zero-order valence-corrected chi connectivity index (χ0v) is 13.1. The maximum absolute atomic E-state index is 9.00. The Morgan fingerprint density at radius 3 is 2.62 bits per heavy atom. The normalized spacial score (nSPS) is 15.3. The van der Waals surface area contributed by atoms with E-state index in [1.807, 2.05) is 13.0 Å². The van der Waals surface area contributed by atoms with Crippen LogP contribution in [0, 0.1) is 25.1 Å². The van der Waals surface area contributed by atoms with E-state index in [4.69, 9.17) is 16.9 Å². The fourth-order valence-corrected chi connectivity index (χ4v) is 3.31. The highest BCUT2D eigenvalue weighted by Crippen LogP contribution is 2.31. The number of anilines is 1. The molecule has 1 aromatic carbocycles. The summed E-state index contributed by atoms with van der Waals surface area (Å²) in [5.74, 6) is 2.37. The van der Waals surface area contributed by atoms with Gasteiger partial charge in [-0.15, -0.1) is 0 Å². The van der Waals surface area contributed by atoms with E-state index in [0.717, 1.165) is 52.9 Å². The molecule has 0 radical (unpaired) electrons. The fourth-order valence-electron chi connectivity index (χ4n) is 3.01. The van der Waals surface area contributed by atoms with Crippen LogP contribution in [0.4, 0.5) is 5.69 Å². The molecule has 0 spiro atoms. The van der Waals surface area contributed by atoms with Crippen molar-refractivity contribution >= 4 is 34.9 Å². The molecular formula is C16H17BClN3. The Labute approximate surface area is 130 Å². The van der Waals surface area contributed by atoms with E-state index >= 15 is 0 Å². The van der Waals surface area contributed by atoms with E-state index in [1.54, 1.807) is 0 Å². The summed E-state index contributed by atoms with van der Waals surface area (Å²) in [4.78, 5) is 6.95. The maximum atomic E-state index is 9.00. The van der Waals surface area contributed by atoms with Gasteiger partial charge in [0.2, 0.25) is 0 Å². The summed E-state index contributed by atoms with van der Waals surface area (Å²) in [7, 11) is 0. The van der Waals surface area contributed by atoms with Crippen molar-refractivity contribution in [2.45, 2.75) is 26.5 Å². The first-order chi connectivity index (χ1) is 10.1. The maximum Gasteiger partial charge on any atom is 0.271 e. The number of aromatic nitrogens is 1. The van der Waals surface area contributed by atoms with Gasteiger partial charge in [-0.3, -0.25) is 4.98 Å². The Balaban J connectivity index is 2.00. The van der Waals surface area contributed by atoms with Crippen molar-refractivity contribution in [1.29, 1.82) is 5.26 Å². The highest BCUT2D eigenvalue weighted by Gasteiger charge is 2.23. The summed E-state index contributed by atoms with van der Waals surface area (Å²) in [5.41, 5.74) is 4.26. The lowest BCUT2D eigenvalue weighted by Gasteiger charge is -2.30. The largest absolute Gasteiger partial charge is 0.373 e. The van der Waals surface area contributed by atoms with Crippen LogP contribution >= 0.6 is 11.6 Å². The van der Waals surface area contributed by atoms with E-state index in [1.165, 1.54) is 5.69 Å². The minimum Gasteiger partial charge on any atom is -0.373 e. The van der Waals surface area contributed by atoms with Crippen molar-refractivity contribution in [2.24, 2.45) is 0 Å². The standard InChI is InChI=1S/C16H17BClN3/c1-11-7-13(21-5-3-17(10-19)4-6-21)9-14-15(18)8-12(2)20-16(11)14/h7-9H,3-6H2,1-2H3. The van der Waals surface area contributed by atoms with E-state index in [0.29, 0.717) is 0 Å². The van der Waals surface area contributed by atoms with Crippen LogP contribution in [0.2, 0.25) is 17.7 Å². The van der Waals surface area contributed by atoms with Gasteiger partial charge in [-0.05, 0) is 50.3 Å². The molecular weight excluding hydrogens is 280 g/mol. The van der Waals surface area contributed by atoms with Gasteiger partial charge in [0.05, 0.1) is 10.5 Å². The van der Waals surface area contributed by atoms with E-state index in [-0.39, 0.29) is 6.71 Å². The molecule has 0 atom stereocenters. The Morgan fingerprint density at radius 2 is 1.95 bits per heavy atom. The molecule has 0 aliphatic carbocycles. The Hall–Kier alpha value is -1.73. The summed E-state index contributed by atoms with van der Waals surface area (Å²) in [6.45, 7) is 6.11. The molecule has 21 heavy (non-hydrogen) atoms. The number of nitriles is 1. The van der Waals surface area contributed by atoms with Crippen molar-refractivity contribution in [3.8, 4) is 5.97 Å². The second-order valence-corrected chi connectivity index (χ2v) is 6.20. The van der Waals surface area contributed by atoms with E-state index < -0.39 is 0 Å². The van der Waals surface area contributed by atoms with Gasteiger partial charge in [-0.25, -0.2) is 5.26 Å². The summed E-state index contributed by atoms with van der Waals surface area (Å²) in [6, 6.07) is 6.22. The number of aryl methyl sites for hydroxylation is 2. The molecule has 2 aromatic rings. The third-order valence-electron chi connectivity index (χ3n) is 4.21. The van der Waals surface area contributed by atoms with Crippen molar-refractivity contribution in [3.05, 3.63) is 34.5 Å². The van der Waals surface area contributed by atoms with E-state index in [9.17, 15) is 0 Å². The van der Waals surface area contributed by atoms with Gasteiger partial charge in [0.15, 0.2) is 0 Å².